The summed E-state index contributed by atoms with van der Waals surface area (Å²) in [6.45, 7) is 4.63. The van der Waals surface area contributed by atoms with Crippen LogP contribution in [0.3, 0.4) is 0 Å². The Morgan fingerprint density at radius 3 is 2.74 bits per heavy atom. The third kappa shape index (κ3) is 7.22. The highest BCUT2D eigenvalue weighted by Crippen LogP contribution is 2.08. The minimum Gasteiger partial charge on any atom is -0.354 e. The molecular formula is C12H25ClN4O2. The Morgan fingerprint density at radius 2 is 2.21 bits per heavy atom. The number of rotatable bonds is 6. The molecule has 0 aromatic rings. The van der Waals surface area contributed by atoms with Gasteiger partial charge in [0.25, 0.3) is 0 Å². The van der Waals surface area contributed by atoms with E-state index >= 15 is 0 Å². The number of primary amides is 1. The van der Waals surface area contributed by atoms with E-state index in [2.05, 4.69) is 16.0 Å². The molecule has 1 rings (SSSR count). The summed E-state index contributed by atoms with van der Waals surface area (Å²) >= 11 is 0. The van der Waals surface area contributed by atoms with Crippen LogP contribution in [0.1, 0.15) is 32.6 Å². The van der Waals surface area contributed by atoms with Crippen LogP contribution in [-0.4, -0.2) is 37.6 Å². The van der Waals surface area contributed by atoms with Crippen LogP contribution in [0, 0.1) is 5.92 Å². The second-order valence-electron chi connectivity index (χ2n) is 4.81. The molecule has 1 saturated heterocycles. The Labute approximate surface area is 120 Å². The zero-order valence-corrected chi connectivity index (χ0v) is 12.2. The van der Waals surface area contributed by atoms with Gasteiger partial charge in [0.15, 0.2) is 0 Å². The lowest BCUT2D eigenvalue weighted by molar-refractivity contribution is -0.123. The zero-order chi connectivity index (χ0) is 13.4. The molecule has 1 aliphatic rings. The predicted molar refractivity (Wildman–Crippen MR) is 77.3 cm³/mol. The number of nitrogens with one attached hydrogen (secondary N) is 3. The van der Waals surface area contributed by atoms with Crippen molar-refractivity contribution in [2.75, 3.05) is 19.6 Å². The number of amides is 3. The second-order valence-corrected chi connectivity index (χ2v) is 4.81. The first kappa shape index (κ1) is 18.0. The lowest BCUT2D eigenvalue weighted by Gasteiger charge is -2.24. The van der Waals surface area contributed by atoms with Crippen molar-refractivity contribution < 1.29 is 9.59 Å². The number of piperidine rings is 1. The van der Waals surface area contributed by atoms with E-state index in [9.17, 15) is 9.59 Å². The molecule has 1 unspecified atom stereocenters. The van der Waals surface area contributed by atoms with Gasteiger partial charge in [0, 0.05) is 6.54 Å². The monoisotopic (exact) mass is 292 g/mol. The molecule has 19 heavy (non-hydrogen) atoms. The lowest BCUT2D eigenvalue weighted by Crippen LogP contribution is -2.50. The third-order valence-corrected chi connectivity index (χ3v) is 3.17. The Kier molecular flexibility index (Phi) is 9.34. The Bertz CT molecular complexity index is 283. The molecule has 5 N–H and O–H groups in total. The number of urea groups is 1. The van der Waals surface area contributed by atoms with Crippen LogP contribution in [0.4, 0.5) is 4.79 Å². The van der Waals surface area contributed by atoms with E-state index in [0.717, 1.165) is 32.4 Å². The fraction of sp³-hybridized carbons (Fsp3) is 0.833. The van der Waals surface area contributed by atoms with Crippen LogP contribution in [0.15, 0.2) is 0 Å². The number of carbonyl (C=O) groups is 2. The Hall–Kier alpha value is -1.01. The van der Waals surface area contributed by atoms with E-state index in [4.69, 9.17) is 5.73 Å². The van der Waals surface area contributed by atoms with Gasteiger partial charge < -0.3 is 21.7 Å². The molecule has 2 atom stereocenters. The fourth-order valence-electron chi connectivity index (χ4n) is 2.20. The van der Waals surface area contributed by atoms with Gasteiger partial charge >= 0.3 is 6.03 Å². The molecule has 1 aliphatic heterocycles. The third-order valence-electron chi connectivity index (χ3n) is 3.17. The highest BCUT2D eigenvalue weighted by molar-refractivity contribution is 5.86. The van der Waals surface area contributed by atoms with Gasteiger partial charge in [0.2, 0.25) is 5.91 Å². The molecule has 0 aromatic carbocycles. The van der Waals surface area contributed by atoms with Crippen LogP contribution in [0.2, 0.25) is 0 Å². The maximum atomic E-state index is 11.9. The Morgan fingerprint density at radius 1 is 1.47 bits per heavy atom. The zero-order valence-electron chi connectivity index (χ0n) is 11.4. The summed E-state index contributed by atoms with van der Waals surface area (Å²) in [4.78, 5) is 22.7. The van der Waals surface area contributed by atoms with E-state index in [1.165, 1.54) is 0 Å². The SMILES string of the molecule is CCC[C@@H](NC(N)=O)C(=O)NCC1CCCNC1.Cl. The van der Waals surface area contributed by atoms with E-state index in [1.54, 1.807) is 0 Å². The molecule has 1 heterocycles. The largest absolute Gasteiger partial charge is 0.354 e. The predicted octanol–water partition coefficient (Wildman–Crippen LogP) is 0.361. The molecule has 1 fully saturated rings. The molecule has 6 nitrogen and oxygen atoms in total. The number of halogens is 1. The maximum absolute atomic E-state index is 11.9. The van der Waals surface area contributed by atoms with Gasteiger partial charge in [-0.05, 0) is 38.3 Å². The van der Waals surface area contributed by atoms with E-state index in [0.29, 0.717) is 18.9 Å². The van der Waals surface area contributed by atoms with Crippen molar-refractivity contribution in [1.82, 2.24) is 16.0 Å². The van der Waals surface area contributed by atoms with Gasteiger partial charge in [0.1, 0.15) is 6.04 Å². The summed E-state index contributed by atoms with van der Waals surface area (Å²) in [7, 11) is 0. The minimum absolute atomic E-state index is 0. The first-order valence-corrected chi connectivity index (χ1v) is 6.68. The van der Waals surface area contributed by atoms with Crippen molar-refractivity contribution in [3.63, 3.8) is 0 Å². The standard InChI is InChI=1S/C12H24N4O2.ClH/c1-2-4-10(16-12(13)18)11(17)15-8-9-5-3-6-14-7-9;/h9-10,14H,2-8H2,1H3,(H,15,17)(H3,13,16,18);1H/t9?,10-;/m1./s1. The first-order valence-electron chi connectivity index (χ1n) is 6.68. The summed E-state index contributed by atoms with van der Waals surface area (Å²) in [5.74, 6) is 0.347. The summed E-state index contributed by atoms with van der Waals surface area (Å²) in [6, 6.07) is -1.16. The molecule has 3 amide bonds. The molecule has 0 bridgehead atoms. The first-order chi connectivity index (χ1) is 8.63. The van der Waals surface area contributed by atoms with Crippen LogP contribution in [0.25, 0.3) is 0 Å². The second kappa shape index (κ2) is 9.86. The summed E-state index contributed by atoms with van der Waals surface area (Å²) in [5, 5.41) is 8.68. The molecule has 0 spiro atoms. The number of hydrogen-bond donors (Lipinski definition) is 4. The number of hydrogen-bond acceptors (Lipinski definition) is 3. The molecule has 112 valence electrons. The van der Waals surface area contributed by atoms with E-state index in [1.807, 2.05) is 6.92 Å². The quantitative estimate of drug-likeness (QED) is 0.569. The van der Waals surface area contributed by atoms with Crippen molar-refractivity contribution in [3.05, 3.63) is 0 Å². The average Bonchev–Trinajstić information content (AvgIpc) is 2.36. The molecule has 0 saturated carbocycles. The average molecular weight is 293 g/mol. The topological polar surface area (TPSA) is 96.2 Å². The highest BCUT2D eigenvalue weighted by Gasteiger charge is 2.20. The van der Waals surface area contributed by atoms with Crippen molar-refractivity contribution in [1.29, 1.82) is 0 Å². The van der Waals surface area contributed by atoms with Gasteiger partial charge in [-0.25, -0.2) is 4.79 Å². The molecule has 0 aromatic heterocycles. The van der Waals surface area contributed by atoms with Gasteiger partial charge in [0.05, 0.1) is 0 Å². The number of nitrogens with two attached hydrogens (primary N) is 1. The smallest absolute Gasteiger partial charge is 0.312 e. The van der Waals surface area contributed by atoms with Crippen LogP contribution in [0.5, 0.6) is 0 Å². The molecular weight excluding hydrogens is 268 g/mol. The van der Waals surface area contributed by atoms with Gasteiger partial charge in [-0.1, -0.05) is 13.3 Å². The molecule has 0 radical (unpaired) electrons. The normalized spacial score (nSPS) is 19.9. The van der Waals surface area contributed by atoms with Crippen molar-refractivity contribution in [3.8, 4) is 0 Å². The Balaban J connectivity index is 0.00000324. The van der Waals surface area contributed by atoms with Gasteiger partial charge in [-0.15, -0.1) is 12.4 Å². The van der Waals surface area contributed by atoms with Gasteiger partial charge in [-0.2, -0.15) is 0 Å². The molecule has 0 aliphatic carbocycles. The van der Waals surface area contributed by atoms with Crippen LogP contribution in [-0.2, 0) is 4.79 Å². The van der Waals surface area contributed by atoms with Gasteiger partial charge in [-0.3, -0.25) is 4.79 Å². The molecule has 7 heteroatoms. The summed E-state index contributed by atoms with van der Waals surface area (Å²) < 4.78 is 0. The summed E-state index contributed by atoms with van der Waals surface area (Å²) in [5.41, 5.74) is 5.06. The van der Waals surface area contributed by atoms with E-state index < -0.39 is 12.1 Å². The maximum Gasteiger partial charge on any atom is 0.312 e. The lowest BCUT2D eigenvalue weighted by atomic mass is 9.99. The van der Waals surface area contributed by atoms with Crippen LogP contribution >= 0.6 is 12.4 Å². The van der Waals surface area contributed by atoms with Crippen molar-refractivity contribution in [2.24, 2.45) is 11.7 Å². The number of carbonyl (C=O) groups excluding carboxylic acids is 2. The van der Waals surface area contributed by atoms with Crippen molar-refractivity contribution in [2.45, 2.75) is 38.6 Å². The van der Waals surface area contributed by atoms with Crippen molar-refractivity contribution >= 4 is 24.3 Å². The van der Waals surface area contributed by atoms with E-state index in [-0.39, 0.29) is 18.3 Å². The highest BCUT2D eigenvalue weighted by atomic mass is 35.5. The van der Waals surface area contributed by atoms with Crippen LogP contribution < -0.4 is 21.7 Å². The fourth-order valence-corrected chi connectivity index (χ4v) is 2.20. The summed E-state index contributed by atoms with van der Waals surface area (Å²) in [6.07, 6.45) is 3.72. The minimum atomic E-state index is -0.650.